The van der Waals surface area contributed by atoms with Crippen LogP contribution in [0.3, 0.4) is 0 Å². The number of nitrogens with two attached hydrogens (primary N) is 1. The van der Waals surface area contributed by atoms with E-state index < -0.39 is 0 Å². The molecule has 2 saturated heterocycles. The fourth-order valence-electron chi connectivity index (χ4n) is 4.59. The van der Waals surface area contributed by atoms with E-state index in [1.165, 1.54) is 43.5 Å². The predicted molar refractivity (Wildman–Crippen MR) is 76.7 cm³/mol. The summed E-state index contributed by atoms with van der Waals surface area (Å²) >= 11 is 0. The Morgan fingerprint density at radius 2 is 1.89 bits per heavy atom. The summed E-state index contributed by atoms with van der Waals surface area (Å²) in [6, 6.07) is 9.58. The third-order valence-corrected chi connectivity index (χ3v) is 5.64. The second-order valence-corrected chi connectivity index (χ2v) is 6.38. The number of benzene rings is 1. The van der Waals surface area contributed by atoms with Crippen LogP contribution in [-0.4, -0.2) is 41.0 Å². The minimum absolute atomic E-state index is 0.232. The van der Waals surface area contributed by atoms with Gasteiger partial charge in [-0.05, 0) is 36.9 Å². The van der Waals surface area contributed by atoms with E-state index in [4.69, 9.17) is 5.73 Å². The van der Waals surface area contributed by atoms with Crippen molar-refractivity contribution in [3.63, 3.8) is 0 Å². The molecule has 1 aromatic rings. The van der Waals surface area contributed by atoms with Crippen LogP contribution in [0.1, 0.15) is 30.4 Å². The van der Waals surface area contributed by atoms with Crippen molar-refractivity contribution in [2.45, 2.75) is 43.9 Å². The average molecular weight is 257 g/mol. The highest BCUT2D eigenvalue weighted by molar-refractivity contribution is 5.32. The number of hydrogen-bond donors (Lipinski definition) is 1. The van der Waals surface area contributed by atoms with Gasteiger partial charge < -0.3 is 5.73 Å². The number of hydrogen-bond acceptors (Lipinski definition) is 3. The second-order valence-electron chi connectivity index (χ2n) is 6.38. The summed E-state index contributed by atoms with van der Waals surface area (Å²) < 4.78 is 0. The van der Waals surface area contributed by atoms with Crippen molar-refractivity contribution in [2.75, 3.05) is 19.6 Å². The Labute approximate surface area is 115 Å². The van der Waals surface area contributed by atoms with Gasteiger partial charge in [-0.1, -0.05) is 24.3 Å². The van der Waals surface area contributed by atoms with Gasteiger partial charge in [-0.25, -0.2) is 0 Å². The molecule has 3 heterocycles. The first-order valence-corrected chi connectivity index (χ1v) is 7.59. The molecule has 3 aliphatic heterocycles. The van der Waals surface area contributed by atoms with E-state index in [0.717, 1.165) is 19.6 Å². The van der Waals surface area contributed by atoms with Crippen LogP contribution in [0.2, 0.25) is 0 Å². The van der Waals surface area contributed by atoms with Crippen molar-refractivity contribution >= 4 is 0 Å². The van der Waals surface area contributed by atoms with Gasteiger partial charge in [-0.2, -0.15) is 0 Å². The normalized spacial score (nSPS) is 34.7. The number of fused-ring (bicyclic) bond motifs is 2. The molecule has 2 unspecified atom stereocenters. The summed E-state index contributed by atoms with van der Waals surface area (Å²) in [5.41, 5.74) is 9.52. The van der Waals surface area contributed by atoms with Crippen LogP contribution in [0.15, 0.2) is 24.3 Å². The first-order chi connectivity index (χ1) is 9.33. The zero-order chi connectivity index (χ0) is 12.9. The quantitative estimate of drug-likeness (QED) is 0.873. The van der Waals surface area contributed by atoms with Crippen LogP contribution in [0.25, 0.3) is 0 Å². The fraction of sp³-hybridized carbons (Fsp3) is 0.625. The Balaban J connectivity index is 1.65. The number of rotatable bonds is 2. The maximum Gasteiger partial charge on any atom is 0.0505 e. The third-order valence-electron chi connectivity index (χ3n) is 5.64. The van der Waals surface area contributed by atoms with E-state index in [1.807, 2.05) is 0 Å². The molecule has 0 aromatic heterocycles. The van der Waals surface area contributed by atoms with Crippen molar-refractivity contribution in [3.8, 4) is 0 Å². The zero-order valence-electron chi connectivity index (χ0n) is 11.5. The summed E-state index contributed by atoms with van der Waals surface area (Å²) in [4.78, 5) is 5.35. The monoisotopic (exact) mass is 257 g/mol. The molecule has 0 aliphatic carbocycles. The van der Waals surface area contributed by atoms with Gasteiger partial charge in [0.05, 0.1) is 5.54 Å². The highest BCUT2D eigenvalue weighted by Crippen LogP contribution is 2.42. The molecule has 2 N–H and O–H groups in total. The molecule has 102 valence electrons. The molecule has 2 atom stereocenters. The molecule has 0 saturated carbocycles. The van der Waals surface area contributed by atoms with Crippen LogP contribution >= 0.6 is 0 Å². The van der Waals surface area contributed by atoms with Crippen molar-refractivity contribution < 1.29 is 0 Å². The maximum atomic E-state index is 6.27. The van der Waals surface area contributed by atoms with Crippen molar-refractivity contribution in [1.29, 1.82) is 0 Å². The van der Waals surface area contributed by atoms with Crippen LogP contribution < -0.4 is 5.73 Å². The van der Waals surface area contributed by atoms with Crippen molar-refractivity contribution in [3.05, 3.63) is 35.4 Å². The van der Waals surface area contributed by atoms with Gasteiger partial charge in [0.15, 0.2) is 0 Å². The standard InChI is InChI=1S/C16H23N3/c17-12-16(7-9-18-8-3-6-15(16)18)19-10-13-4-1-2-5-14(13)11-19/h1-2,4-5,15H,3,6-12,17H2. The number of nitrogens with zero attached hydrogens (tertiary/aromatic N) is 2. The lowest BCUT2D eigenvalue weighted by atomic mass is 9.87. The average Bonchev–Trinajstić information content (AvgIpc) is 3.13. The molecule has 0 bridgehead atoms. The molecule has 0 spiro atoms. The second kappa shape index (κ2) is 4.30. The summed E-state index contributed by atoms with van der Waals surface area (Å²) in [6.45, 7) is 5.53. The first-order valence-electron chi connectivity index (χ1n) is 7.59. The van der Waals surface area contributed by atoms with E-state index in [0.29, 0.717) is 6.04 Å². The van der Waals surface area contributed by atoms with E-state index in [9.17, 15) is 0 Å². The van der Waals surface area contributed by atoms with Gasteiger partial charge in [-0.3, -0.25) is 9.80 Å². The molecule has 1 aromatic carbocycles. The smallest absolute Gasteiger partial charge is 0.0505 e. The maximum absolute atomic E-state index is 6.27. The molecule has 4 rings (SSSR count). The molecule has 3 heteroatoms. The SMILES string of the molecule is NCC1(N2Cc3ccccc3C2)CCN2CCCC21. The van der Waals surface area contributed by atoms with E-state index in [2.05, 4.69) is 34.1 Å². The molecule has 19 heavy (non-hydrogen) atoms. The Hall–Kier alpha value is -0.900. The molecule has 3 aliphatic rings. The largest absolute Gasteiger partial charge is 0.329 e. The topological polar surface area (TPSA) is 32.5 Å². The van der Waals surface area contributed by atoms with Crippen molar-refractivity contribution in [2.24, 2.45) is 5.73 Å². The first kappa shape index (κ1) is 11.9. The molecule has 2 fully saturated rings. The highest BCUT2D eigenvalue weighted by atomic mass is 15.3. The highest BCUT2D eigenvalue weighted by Gasteiger charge is 2.52. The molecule has 0 radical (unpaired) electrons. The van der Waals surface area contributed by atoms with Crippen LogP contribution in [0.4, 0.5) is 0 Å². The Morgan fingerprint density at radius 1 is 1.16 bits per heavy atom. The Morgan fingerprint density at radius 3 is 2.58 bits per heavy atom. The van der Waals surface area contributed by atoms with Crippen LogP contribution in [-0.2, 0) is 13.1 Å². The Bertz CT molecular complexity index is 462. The zero-order valence-corrected chi connectivity index (χ0v) is 11.5. The van der Waals surface area contributed by atoms with Gasteiger partial charge in [-0.15, -0.1) is 0 Å². The van der Waals surface area contributed by atoms with Crippen LogP contribution in [0, 0.1) is 0 Å². The van der Waals surface area contributed by atoms with Crippen LogP contribution in [0.5, 0.6) is 0 Å². The minimum Gasteiger partial charge on any atom is -0.329 e. The summed E-state index contributed by atoms with van der Waals surface area (Å²) in [6.07, 6.45) is 3.94. The summed E-state index contributed by atoms with van der Waals surface area (Å²) in [5.74, 6) is 0. The Kier molecular flexibility index (Phi) is 2.69. The molecular weight excluding hydrogens is 234 g/mol. The lowest BCUT2D eigenvalue weighted by Gasteiger charge is -2.42. The fourth-order valence-corrected chi connectivity index (χ4v) is 4.59. The van der Waals surface area contributed by atoms with Gasteiger partial charge in [0.2, 0.25) is 0 Å². The molecular formula is C16H23N3. The lowest BCUT2D eigenvalue weighted by molar-refractivity contribution is 0.0622. The summed E-state index contributed by atoms with van der Waals surface area (Å²) in [7, 11) is 0. The van der Waals surface area contributed by atoms with Gasteiger partial charge in [0.25, 0.3) is 0 Å². The van der Waals surface area contributed by atoms with Gasteiger partial charge >= 0.3 is 0 Å². The minimum atomic E-state index is 0.232. The molecule has 0 amide bonds. The van der Waals surface area contributed by atoms with E-state index in [-0.39, 0.29) is 5.54 Å². The lowest BCUT2D eigenvalue weighted by Crippen LogP contribution is -2.58. The molecule has 3 nitrogen and oxygen atoms in total. The van der Waals surface area contributed by atoms with Gasteiger partial charge in [0, 0.05) is 32.2 Å². The van der Waals surface area contributed by atoms with E-state index in [1.54, 1.807) is 0 Å². The van der Waals surface area contributed by atoms with Gasteiger partial charge in [0.1, 0.15) is 0 Å². The third kappa shape index (κ3) is 1.62. The van der Waals surface area contributed by atoms with E-state index >= 15 is 0 Å². The summed E-state index contributed by atoms with van der Waals surface area (Å²) in [5, 5.41) is 0. The van der Waals surface area contributed by atoms with Crippen molar-refractivity contribution in [1.82, 2.24) is 9.80 Å². The predicted octanol–water partition coefficient (Wildman–Crippen LogP) is 1.57.